The van der Waals surface area contributed by atoms with Crippen LogP contribution in [0.2, 0.25) is 0 Å². The molecule has 0 aliphatic carbocycles. The van der Waals surface area contributed by atoms with Crippen LogP contribution in [0.15, 0.2) is 36.5 Å². The van der Waals surface area contributed by atoms with Crippen LogP contribution < -0.4 is 0 Å². The van der Waals surface area contributed by atoms with Gasteiger partial charge in [-0.3, -0.25) is 0 Å². The zero-order chi connectivity index (χ0) is 11.4. The highest BCUT2D eigenvalue weighted by Crippen LogP contribution is 2.11. The van der Waals surface area contributed by atoms with Gasteiger partial charge in [-0.15, -0.1) is 11.6 Å². The summed E-state index contributed by atoms with van der Waals surface area (Å²) in [7, 11) is 0. The third kappa shape index (κ3) is 2.45. The number of hydrogen-bond donors (Lipinski definition) is 0. The molecule has 0 bridgehead atoms. The molecular weight excluding hydrogens is 220 g/mol. The van der Waals surface area contributed by atoms with E-state index in [1.54, 1.807) is 0 Å². The quantitative estimate of drug-likeness (QED) is 0.740. The molecule has 0 fully saturated rings. The van der Waals surface area contributed by atoms with Crippen LogP contribution in [0.25, 0.3) is 5.69 Å². The van der Waals surface area contributed by atoms with Crippen molar-refractivity contribution in [3.63, 3.8) is 0 Å². The predicted molar refractivity (Wildman–Crippen MR) is 67.1 cm³/mol. The molecule has 0 radical (unpaired) electrons. The lowest BCUT2D eigenvalue weighted by Crippen LogP contribution is -1.95. The highest BCUT2D eigenvalue weighted by molar-refractivity contribution is 6.16. The summed E-state index contributed by atoms with van der Waals surface area (Å²) in [5, 5.41) is 4.36. The van der Waals surface area contributed by atoms with Gasteiger partial charge in [0.2, 0.25) is 0 Å². The van der Waals surface area contributed by atoms with E-state index in [9.17, 15) is 0 Å². The molecule has 2 nitrogen and oxygen atoms in total. The van der Waals surface area contributed by atoms with Gasteiger partial charge < -0.3 is 0 Å². The normalized spacial score (nSPS) is 10.6. The molecule has 84 valence electrons. The second kappa shape index (κ2) is 5.17. The van der Waals surface area contributed by atoms with E-state index < -0.39 is 0 Å². The van der Waals surface area contributed by atoms with Crippen molar-refractivity contribution in [2.45, 2.75) is 25.6 Å². The lowest BCUT2D eigenvalue weighted by molar-refractivity contribution is 0.855. The van der Waals surface area contributed by atoms with Crippen LogP contribution in [-0.2, 0) is 12.3 Å². The van der Waals surface area contributed by atoms with Gasteiger partial charge in [-0.25, -0.2) is 4.68 Å². The maximum Gasteiger partial charge on any atom is 0.0776 e. The van der Waals surface area contributed by atoms with Gasteiger partial charge in [-0.2, -0.15) is 5.10 Å². The third-order valence-electron chi connectivity index (χ3n) is 2.52. The molecule has 0 atom stereocenters. The van der Waals surface area contributed by atoms with Gasteiger partial charge in [0, 0.05) is 6.20 Å². The minimum absolute atomic E-state index is 0.459. The molecular formula is C13H15ClN2. The number of nitrogens with zero attached hydrogens (tertiary/aromatic N) is 2. The molecule has 1 aromatic heterocycles. The number of rotatable bonds is 4. The third-order valence-corrected chi connectivity index (χ3v) is 2.79. The second-order valence-corrected chi connectivity index (χ2v) is 4.07. The molecule has 0 aliphatic rings. The number of benzene rings is 1. The summed E-state index contributed by atoms with van der Waals surface area (Å²) in [6.07, 6.45) is 4.25. The molecule has 3 heteroatoms. The zero-order valence-corrected chi connectivity index (χ0v) is 10.1. The molecule has 16 heavy (non-hydrogen) atoms. The van der Waals surface area contributed by atoms with Crippen LogP contribution in [0.4, 0.5) is 0 Å². The zero-order valence-electron chi connectivity index (χ0n) is 9.36. The lowest BCUT2D eigenvalue weighted by atomic mass is 10.1. The van der Waals surface area contributed by atoms with Crippen molar-refractivity contribution in [3.8, 4) is 5.69 Å². The molecule has 0 amide bonds. The maximum absolute atomic E-state index is 5.72. The summed E-state index contributed by atoms with van der Waals surface area (Å²) in [6.45, 7) is 2.19. The molecule has 0 aliphatic heterocycles. The Kier molecular flexibility index (Phi) is 3.62. The number of aryl methyl sites for hydroxylation is 1. The number of halogens is 1. The largest absolute Gasteiger partial charge is 0.241 e. The summed E-state index contributed by atoms with van der Waals surface area (Å²) in [5.74, 6) is 0.459. The fourth-order valence-electron chi connectivity index (χ4n) is 1.68. The van der Waals surface area contributed by atoms with Gasteiger partial charge in [0.25, 0.3) is 0 Å². The predicted octanol–water partition coefficient (Wildman–Crippen LogP) is 3.56. The monoisotopic (exact) mass is 234 g/mol. The van der Waals surface area contributed by atoms with Gasteiger partial charge in [-0.1, -0.05) is 25.5 Å². The Morgan fingerprint density at radius 1 is 1.19 bits per heavy atom. The van der Waals surface area contributed by atoms with E-state index in [1.807, 2.05) is 16.9 Å². The highest BCUT2D eigenvalue weighted by Gasteiger charge is 2.00. The average Bonchev–Trinajstić information content (AvgIpc) is 2.79. The minimum atomic E-state index is 0.459. The van der Waals surface area contributed by atoms with Gasteiger partial charge in [-0.05, 0) is 30.2 Å². The SMILES string of the molecule is CCCc1ccc(-n2ccc(CCl)n2)cc1. The van der Waals surface area contributed by atoms with E-state index >= 15 is 0 Å². The van der Waals surface area contributed by atoms with Gasteiger partial charge in [0.15, 0.2) is 0 Å². The highest BCUT2D eigenvalue weighted by atomic mass is 35.5. The van der Waals surface area contributed by atoms with Crippen molar-refractivity contribution in [1.29, 1.82) is 0 Å². The van der Waals surface area contributed by atoms with E-state index in [0.717, 1.165) is 17.8 Å². The van der Waals surface area contributed by atoms with Gasteiger partial charge in [0.05, 0.1) is 17.3 Å². The smallest absolute Gasteiger partial charge is 0.0776 e. The van der Waals surface area contributed by atoms with Crippen molar-refractivity contribution in [2.75, 3.05) is 0 Å². The lowest BCUT2D eigenvalue weighted by Gasteiger charge is -2.03. The Balaban J connectivity index is 2.20. The Labute approximate surface area is 101 Å². The first-order valence-electron chi connectivity index (χ1n) is 5.53. The first-order valence-corrected chi connectivity index (χ1v) is 6.06. The molecule has 0 saturated heterocycles. The first-order chi connectivity index (χ1) is 7.83. The summed E-state index contributed by atoms with van der Waals surface area (Å²) in [6, 6.07) is 10.4. The van der Waals surface area contributed by atoms with Crippen LogP contribution in [0.1, 0.15) is 24.6 Å². The van der Waals surface area contributed by atoms with Crippen molar-refractivity contribution in [1.82, 2.24) is 9.78 Å². The molecule has 0 N–H and O–H groups in total. The van der Waals surface area contributed by atoms with E-state index in [4.69, 9.17) is 11.6 Å². The fourth-order valence-corrected chi connectivity index (χ4v) is 1.82. The maximum atomic E-state index is 5.72. The number of hydrogen-bond acceptors (Lipinski definition) is 1. The summed E-state index contributed by atoms with van der Waals surface area (Å²) < 4.78 is 1.85. The number of aromatic nitrogens is 2. The van der Waals surface area contributed by atoms with Crippen LogP contribution in [0, 0.1) is 0 Å². The molecule has 1 heterocycles. The molecule has 1 aromatic carbocycles. The van der Waals surface area contributed by atoms with Crippen molar-refractivity contribution >= 4 is 11.6 Å². The topological polar surface area (TPSA) is 17.8 Å². The summed E-state index contributed by atoms with van der Waals surface area (Å²) in [5.41, 5.74) is 3.35. The molecule has 0 unspecified atom stereocenters. The number of alkyl halides is 1. The molecule has 2 aromatic rings. The molecule has 0 saturated carbocycles. The van der Waals surface area contributed by atoms with Crippen LogP contribution in [0.5, 0.6) is 0 Å². The Morgan fingerprint density at radius 2 is 1.94 bits per heavy atom. The van der Waals surface area contributed by atoms with Crippen LogP contribution >= 0.6 is 11.6 Å². The molecule has 0 spiro atoms. The van der Waals surface area contributed by atoms with Crippen molar-refractivity contribution in [2.24, 2.45) is 0 Å². The van der Waals surface area contributed by atoms with Crippen LogP contribution in [0.3, 0.4) is 0 Å². The summed E-state index contributed by atoms with van der Waals surface area (Å²) >= 11 is 5.72. The van der Waals surface area contributed by atoms with Gasteiger partial charge in [0.1, 0.15) is 0 Å². The van der Waals surface area contributed by atoms with E-state index in [1.165, 1.54) is 12.0 Å². The Morgan fingerprint density at radius 3 is 2.50 bits per heavy atom. The fraction of sp³-hybridized carbons (Fsp3) is 0.308. The van der Waals surface area contributed by atoms with E-state index in [-0.39, 0.29) is 0 Å². The van der Waals surface area contributed by atoms with Crippen LogP contribution in [-0.4, -0.2) is 9.78 Å². The summed E-state index contributed by atoms with van der Waals surface area (Å²) in [4.78, 5) is 0. The molecule has 2 rings (SSSR count). The van der Waals surface area contributed by atoms with E-state index in [2.05, 4.69) is 36.3 Å². The Hall–Kier alpha value is -1.28. The van der Waals surface area contributed by atoms with E-state index in [0.29, 0.717) is 5.88 Å². The van der Waals surface area contributed by atoms with Crippen molar-refractivity contribution < 1.29 is 0 Å². The Bertz CT molecular complexity index is 445. The minimum Gasteiger partial charge on any atom is -0.241 e. The standard InChI is InChI=1S/C13H15ClN2/c1-2-3-11-4-6-13(7-5-11)16-9-8-12(10-14)15-16/h4-9H,2-3,10H2,1H3. The average molecular weight is 235 g/mol. The first kappa shape index (κ1) is 11.2. The van der Waals surface area contributed by atoms with Gasteiger partial charge >= 0.3 is 0 Å². The second-order valence-electron chi connectivity index (χ2n) is 3.80. The van der Waals surface area contributed by atoms with Crippen molar-refractivity contribution in [3.05, 3.63) is 47.8 Å².